The van der Waals surface area contributed by atoms with Crippen LogP contribution in [0.2, 0.25) is 5.15 Å². The third kappa shape index (κ3) is 4.57. The number of aromatic nitrogens is 3. The van der Waals surface area contributed by atoms with Gasteiger partial charge in [-0.2, -0.15) is 0 Å². The van der Waals surface area contributed by atoms with Crippen molar-refractivity contribution in [3.63, 3.8) is 0 Å². The van der Waals surface area contributed by atoms with E-state index >= 15 is 0 Å². The van der Waals surface area contributed by atoms with Crippen molar-refractivity contribution in [1.82, 2.24) is 18.8 Å². The van der Waals surface area contributed by atoms with E-state index in [0.717, 1.165) is 21.6 Å². The quantitative estimate of drug-likeness (QED) is 0.286. The van der Waals surface area contributed by atoms with Crippen molar-refractivity contribution < 1.29 is 17.9 Å². The van der Waals surface area contributed by atoms with Gasteiger partial charge in [-0.15, -0.1) is 0 Å². The number of hydrogen-bond donors (Lipinski definition) is 0. The van der Waals surface area contributed by atoms with Crippen LogP contribution in [0.1, 0.15) is 29.5 Å². The highest BCUT2D eigenvalue weighted by molar-refractivity contribution is 7.89. The minimum Gasteiger partial charge on any atom is -0.454 e. The van der Waals surface area contributed by atoms with E-state index in [9.17, 15) is 13.2 Å². The lowest BCUT2D eigenvalue weighted by molar-refractivity contribution is 0.0458. The highest BCUT2D eigenvalue weighted by Crippen LogP contribution is 2.23. The van der Waals surface area contributed by atoms with E-state index in [1.165, 1.54) is 14.1 Å². The molecule has 2 aromatic carbocycles. The van der Waals surface area contributed by atoms with Crippen LogP contribution in [0.5, 0.6) is 0 Å². The minimum absolute atomic E-state index is 0.0415. The molecule has 2 heterocycles. The number of hydrogen-bond acceptors (Lipinski definition) is 6. The molecule has 4 aromatic rings. The molecule has 4 rings (SSSR count). The summed E-state index contributed by atoms with van der Waals surface area (Å²) in [6, 6.07) is 13.4. The third-order valence-electron chi connectivity index (χ3n) is 5.25. The summed E-state index contributed by atoms with van der Waals surface area (Å²) >= 11 is 5.91. The number of carbonyl (C=O) groups is 1. The molecule has 0 aliphatic carbocycles. The van der Waals surface area contributed by atoms with Gasteiger partial charge in [-0.1, -0.05) is 18.5 Å². The zero-order valence-corrected chi connectivity index (χ0v) is 20.0. The van der Waals surface area contributed by atoms with Gasteiger partial charge in [0, 0.05) is 26.0 Å². The lowest BCUT2D eigenvalue weighted by Crippen LogP contribution is -2.22. The van der Waals surface area contributed by atoms with Crippen LogP contribution in [0.15, 0.2) is 53.4 Å². The predicted molar refractivity (Wildman–Crippen MR) is 127 cm³/mol. The van der Waals surface area contributed by atoms with Crippen molar-refractivity contribution in [2.75, 3.05) is 14.1 Å². The van der Waals surface area contributed by atoms with Gasteiger partial charge in [0.1, 0.15) is 17.6 Å². The van der Waals surface area contributed by atoms with Crippen molar-refractivity contribution in [1.29, 1.82) is 0 Å². The molecule has 33 heavy (non-hydrogen) atoms. The summed E-state index contributed by atoms with van der Waals surface area (Å²) in [7, 11) is -0.614. The predicted octanol–water partition coefficient (Wildman–Crippen LogP) is 4.26. The molecule has 0 atom stereocenters. The third-order valence-corrected chi connectivity index (χ3v) is 7.27. The number of aryl methyl sites for hydroxylation is 1. The van der Waals surface area contributed by atoms with E-state index in [0.29, 0.717) is 34.1 Å². The highest BCUT2D eigenvalue weighted by Gasteiger charge is 2.20. The summed E-state index contributed by atoms with van der Waals surface area (Å²) in [6.07, 6.45) is 0.838. The average Bonchev–Trinajstić information content (AvgIpc) is 3.13. The fourth-order valence-electron chi connectivity index (χ4n) is 3.56. The maximum atomic E-state index is 12.7. The van der Waals surface area contributed by atoms with E-state index in [-0.39, 0.29) is 11.5 Å². The van der Waals surface area contributed by atoms with Crippen molar-refractivity contribution >= 4 is 49.5 Å². The number of ether oxygens (including phenoxy) is 1. The van der Waals surface area contributed by atoms with Crippen molar-refractivity contribution in [2.24, 2.45) is 0 Å². The molecule has 0 aliphatic heterocycles. The summed E-state index contributed by atoms with van der Waals surface area (Å²) in [6.45, 7) is 2.65. The van der Waals surface area contributed by atoms with E-state index < -0.39 is 16.0 Å². The van der Waals surface area contributed by atoms with Gasteiger partial charge in [-0.25, -0.2) is 27.5 Å². The Hall–Kier alpha value is -3.01. The number of pyridine rings is 1. The zero-order valence-electron chi connectivity index (χ0n) is 18.4. The largest absolute Gasteiger partial charge is 0.454 e. The molecule has 0 N–H and O–H groups in total. The Bertz CT molecular complexity index is 1460. The molecule has 8 nitrogen and oxygen atoms in total. The number of fused-ring (bicyclic) bond motifs is 2. The smallest absolute Gasteiger partial charge is 0.338 e. The highest BCUT2D eigenvalue weighted by atomic mass is 35.5. The minimum atomic E-state index is -3.58. The summed E-state index contributed by atoms with van der Waals surface area (Å²) in [5.41, 5.74) is 2.40. The number of halogens is 1. The van der Waals surface area contributed by atoms with Gasteiger partial charge in [-0.05, 0) is 55.0 Å². The molecule has 0 radical (unpaired) electrons. The van der Waals surface area contributed by atoms with Crippen LogP contribution in [-0.4, -0.2) is 47.3 Å². The van der Waals surface area contributed by atoms with Crippen LogP contribution in [0.3, 0.4) is 0 Å². The van der Waals surface area contributed by atoms with Gasteiger partial charge in [0.2, 0.25) is 10.0 Å². The number of sulfonamides is 1. The van der Waals surface area contributed by atoms with Gasteiger partial charge in [0.25, 0.3) is 0 Å². The first-order chi connectivity index (χ1) is 15.7. The Morgan fingerprint density at radius 1 is 1.06 bits per heavy atom. The first-order valence-electron chi connectivity index (χ1n) is 10.4. The van der Waals surface area contributed by atoms with E-state index in [1.807, 2.05) is 11.5 Å². The van der Waals surface area contributed by atoms with E-state index in [1.54, 1.807) is 48.5 Å². The number of imidazole rings is 1. The van der Waals surface area contributed by atoms with Crippen LogP contribution in [0.25, 0.3) is 21.9 Å². The molecular weight excluding hydrogens is 464 g/mol. The molecule has 0 amide bonds. The van der Waals surface area contributed by atoms with Crippen LogP contribution in [0.4, 0.5) is 0 Å². The van der Waals surface area contributed by atoms with Gasteiger partial charge < -0.3 is 9.30 Å². The van der Waals surface area contributed by atoms with Crippen LogP contribution >= 0.6 is 11.6 Å². The Balaban J connectivity index is 1.61. The topological polar surface area (TPSA) is 94.4 Å². The Morgan fingerprint density at radius 3 is 2.58 bits per heavy atom. The SMILES string of the molecule is CCCn1c(COC(=O)c2ccc3nc(Cl)ccc3c2)nc2cc(S(=O)(=O)N(C)C)ccc21. The van der Waals surface area contributed by atoms with E-state index in [2.05, 4.69) is 9.97 Å². The molecule has 0 saturated carbocycles. The average molecular weight is 487 g/mol. The molecule has 0 saturated heterocycles. The molecule has 0 unspecified atom stereocenters. The number of nitrogens with zero attached hydrogens (tertiary/aromatic N) is 4. The van der Waals surface area contributed by atoms with Crippen molar-refractivity contribution in [3.8, 4) is 0 Å². The number of rotatable bonds is 7. The fraction of sp³-hybridized carbons (Fsp3) is 0.261. The van der Waals surface area contributed by atoms with Crippen molar-refractivity contribution in [3.05, 3.63) is 65.1 Å². The maximum absolute atomic E-state index is 12.7. The number of carbonyl (C=O) groups excluding carboxylic acids is 1. The van der Waals surface area contributed by atoms with Gasteiger partial charge in [0.05, 0.1) is 27.0 Å². The number of benzene rings is 2. The van der Waals surface area contributed by atoms with Crippen molar-refractivity contribution in [2.45, 2.75) is 31.4 Å². The molecule has 172 valence electrons. The molecule has 0 fully saturated rings. The normalized spacial score (nSPS) is 12.0. The molecule has 2 aromatic heterocycles. The lowest BCUT2D eigenvalue weighted by atomic mass is 10.1. The summed E-state index contributed by atoms with van der Waals surface area (Å²) in [4.78, 5) is 21.6. The molecule has 10 heteroatoms. The molecule has 0 bridgehead atoms. The summed E-state index contributed by atoms with van der Waals surface area (Å²) in [5, 5.41) is 1.16. The van der Waals surface area contributed by atoms with E-state index in [4.69, 9.17) is 16.3 Å². The van der Waals surface area contributed by atoms with Crippen LogP contribution in [0, 0.1) is 0 Å². The Labute approximate surface area is 196 Å². The van der Waals surface area contributed by atoms with Gasteiger partial charge in [0.15, 0.2) is 0 Å². The molecule has 0 spiro atoms. The standard InChI is InChI=1S/C23H23ClN4O4S/c1-4-11-28-20-9-7-17(33(30,31)27(2)3)13-19(20)26-22(28)14-32-23(29)16-5-8-18-15(12-16)6-10-21(24)25-18/h5-10,12-13H,4,11,14H2,1-3H3. The van der Waals surface area contributed by atoms with Gasteiger partial charge >= 0.3 is 5.97 Å². The molecule has 0 aliphatic rings. The maximum Gasteiger partial charge on any atom is 0.338 e. The van der Waals surface area contributed by atoms with Crippen LogP contribution < -0.4 is 0 Å². The Morgan fingerprint density at radius 2 is 1.85 bits per heavy atom. The second-order valence-electron chi connectivity index (χ2n) is 7.74. The first-order valence-corrected chi connectivity index (χ1v) is 12.2. The summed E-state index contributed by atoms with van der Waals surface area (Å²) in [5.74, 6) is 0.0617. The monoisotopic (exact) mass is 486 g/mol. The number of esters is 1. The second kappa shape index (κ2) is 9.09. The summed E-state index contributed by atoms with van der Waals surface area (Å²) < 4.78 is 33.6. The Kier molecular flexibility index (Phi) is 6.38. The fourth-order valence-corrected chi connectivity index (χ4v) is 4.63. The first kappa shape index (κ1) is 23.2. The zero-order chi connectivity index (χ0) is 23.8. The van der Waals surface area contributed by atoms with Gasteiger partial charge in [-0.3, -0.25) is 0 Å². The van der Waals surface area contributed by atoms with Crippen LogP contribution in [-0.2, 0) is 27.9 Å². The molecular formula is C23H23ClN4O4S. The lowest BCUT2D eigenvalue weighted by Gasteiger charge is -2.11. The second-order valence-corrected chi connectivity index (χ2v) is 10.3.